The van der Waals surface area contributed by atoms with Gasteiger partial charge in [-0.3, -0.25) is 9.78 Å². The Bertz CT molecular complexity index is 410. The third kappa shape index (κ3) is 2.01. The van der Waals surface area contributed by atoms with Gasteiger partial charge in [-0.1, -0.05) is 0 Å². The van der Waals surface area contributed by atoms with Crippen molar-refractivity contribution < 1.29 is 14.7 Å². The number of aromatic nitrogens is 1. The maximum absolute atomic E-state index is 12.0. The zero-order valence-corrected chi connectivity index (χ0v) is 9.18. The summed E-state index contributed by atoms with van der Waals surface area (Å²) in [4.78, 5) is 28.1. The number of amides is 1. The summed E-state index contributed by atoms with van der Waals surface area (Å²) in [5.41, 5.74) is 0.427. The van der Waals surface area contributed by atoms with E-state index in [0.717, 1.165) is 0 Å². The number of aliphatic carboxylic acids is 1. The molecule has 0 saturated carbocycles. The number of carbonyl (C=O) groups is 2. The molecule has 1 saturated heterocycles. The van der Waals surface area contributed by atoms with Crippen LogP contribution in [0.1, 0.15) is 10.4 Å². The first-order valence-corrected chi connectivity index (χ1v) is 5.87. The van der Waals surface area contributed by atoms with E-state index in [1.54, 1.807) is 18.3 Å². The molecule has 1 unspecified atom stereocenters. The molecular weight excluding hydrogens is 228 g/mol. The number of carbonyl (C=O) groups excluding carboxylic acids is 1. The molecule has 2 rings (SSSR count). The van der Waals surface area contributed by atoms with Gasteiger partial charge in [-0.25, -0.2) is 4.79 Å². The zero-order valence-electron chi connectivity index (χ0n) is 8.37. The first kappa shape index (κ1) is 10.9. The van der Waals surface area contributed by atoms with Gasteiger partial charge in [0, 0.05) is 18.1 Å². The molecule has 1 atom stereocenters. The molecule has 84 valence electrons. The highest BCUT2D eigenvalue weighted by atomic mass is 32.2. The minimum atomic E-state index is -0.956. The van der Waals surface area contributed by atoms with Crippen LogP contribution in [0, 0.1) is 0 Å². The molecular formula is C10H10N2O3S. The van der Waals surface area contributed by atoms with Crippen molar-refractivity contribution in [1.29, 1.82) is 0 Å². The molecule has 0 aliphatic carbocycles. The predicted octanol–water partition coefficient (Wildman–Crippen LogP) is 0.681. The number of nitrogens with zero attached hydrogens (tertiary/aromatic N) is 2. The average Bonchev–Trinajstić information content (AvgIpc) is 2.78. The Kier molecular flexibility index (Phi) is 3.09. The van der Waals surface area contributed by atoms with E-state index in [2.05, 4.69) is 4.98 Å². The van der Waals surface area contributed by atoms with Gasteiger partial charge >= 0.3 is 5.97 Å². The molecule has 0 bridgehead atoms. The molecule has 0 radical (unpaired) electrons. The first-order valence-electron chi connectivity index (χ1n) is 4.71. The molecule has 1 aliphatic heterocycles. The maximum atomic E-state index is 12.0. The molecule has 6 heteroatoms. The second-order valence-corrected chi connectivity index (χ2v) is 4.37. The minimum Gasteiger partial charge on any atom is -0.480 e. The lowest BCUT2D eigenvalue weighted by atomic mass is 10.2. The fourth-order valence-electron chi connectivity index (χ4n) is 1.50. The number of carboxylic acids is 1. The zero-order chi connectivity index (χ0) is 11.5. The monoisotopic (exact) mass is 238 g/mol. The fraction of sp³-hybridized carbons (Fsp3) is 0.300. The van der Waals surface area contributed by atoms with Gasteiger partial charge in [0.25, 0.3) is 5.91 Å². The van der Waals surface area contributed by atoms with Gasteiger partial charge in [0.15, 0.2) is 0 Å². The summed E-state index contributed by atoms with van der Waals surface area (Å²) in [5.74, 6) is -0.362. The minimum absolute atomic E-state index is 0.273. The summed E-state index contributed by atoms with van der Waals surface area (Å²) < 4.78 is 0. The predicted molar refractivity (Wildman–Crippen MR) is 59.2 cm³/mol. The Morgan fingerprint density at radius 3 is 3.00 bits per heavy atom. The topological polar surface area (TPSA) is 70.5 Å². The quantitative estimate of drug-likeness (QED) is 0.820. The van der Waals surface area contributed by atoms with E-state index in [1.807, 2.05) is 0 Å². The van der Waals surface area contributed by atoms with E-state index in [-0.39, 0.29) is 5.91 Å². The van der Waals surface area contributed by atoms with Crippen LogP contribution in [0.15, 0.2) is 24.5 Å². The summed E-state index contributed by atoms with van der Waals surface area (Å²) in [7, 11) is 0. The smallest absolute Gasteiger partial charge is 0.327 e. The van der Waals surface area contributed by atoms with Crippen molar-refractivity contribution in [3.05, 3.63) is 30.1 Å². The van der Waals surface area contributed by atoms with Crippen molar-refractivity contribution in [1.82, 2.24) is 9.88 Å². The lowest BCUT2D eigenvalue weighted by molar-refractivity contribution is -0.140. The van der Waals surface area contributed by atoms with Gasteiger partial charge in [0.05, 0.1) is 11.4 Å². The van der Waals surface area contributed by atoms with Crippen molar-refractivity contribution in [2.75, 3.05) is 11.6 Å². The van der Waals surface area contributed by atoms with Crippen LogP contribution < -0.4 is 0 Å². The van der Waals surface area contributed by atoms with Gasteiger partial charge in [-0.2, -0.15) is 0 Å². The van der Waals surface area contributed by atoms with Crippen LogP contribution in [0.5, 0.6) is 0 Å². The largest absolute Gasteiger partial charge is 0.480 e. The lowest BCUT2D eigenvalue weighted by Gasteiger charge is -2.20. The summed E-state index contributed by atoms with van der Waals surface area (Å²) >= 11 is 1.45. The number of hydrogen-bond acceptors (Lipinski definition) is 4. The summed E-state index contributed by atoms with van der Waals surface area (Å²) in [6, 6.07) is 2.57. The summed E-state index contributed by atoms with van der Waals surface area (Å²) in [6.07, 6.45) is 3.02. The third-order valence-electron chi connectivity index (χ3n) is 2.34. The molecule has 2 heterocycles. The van der Waals surface area contributed by atoms with Crippen LogP contribution >= 0.6 is 11.8 Å². The van der Waals surface area contributed by atoms with Crippen molar-refractivity contribution >= 4 is 23.6 Å². The van der Waals surface area contributed by atoms with Crippen molar-refractivity contribution in [2.45, 2.75) is 6.04 Å². The SMILES string of the molecule is O=C(O)C1CSCN1C(=O)c1cccnc1. The number of hydrogen-bond donors (Lipinski definition) is 1. The second-order valence-electron chi connectivity index (χ2n) is 3.37. The standard InChI is InChI=1S/C10H10N2O3S/c13-9(7-2-1-3-11-4-7)12-6-16-5-8(12)10(14)15/h1-4,8H,5-6H2,(H,14,15). The van der Waals surface area contributed by atoms with Gasteiger partial charge in [-0.15, -0.1) is 11.8 Å². The van der Waals surface area contributed by atoms with Crippen molar-refractivity contribution in [3.8, 4) is 0 Å². The molecule has 16 heavy (non-hydrogen) atoms. The van der Waals surface area contributed by atoms with Crippen LogP contribution in [0.4, 0.5) is 0 Å². The summed E-state index contributed by atoms with van der Waals surface area (Å²) in [5, 5.41) is 8.96. The number of thioether (sulfide) groups is 1. The van der Waals surface area contributed by atoms with Crippen LogP contribution in [0.25, 0.3) is 0 Å². The molecule has 1 fully saturated rings. The Labute approximate surface area is 96.5 Å². The van der Waals surface area contributed by atoms with Crippen LogP contribution in [-0.4, -0.2) is 44.5 Å². The van der Waals surface area contributed by atoms with Crippen molar-refractivity contribution in [3.63, 3.8) is 0 Å². The van der Waals surface area contributed by atoms with Crippen molar-refractivity contribution in [2.24, 2.45) is 0 Å². The average molecular weight is 238 g/mol. The van der Waals surface area contributed by atoms with Gasteiger partial charge in [0.1, 0.15) is 6.04 Å². The van der Waals surface area contributed by atoms with E-state index >= 15 is 0 Å². The second kappa shape index (κ2) is 4.52. The Morgan fingerprint density at radius 2 is 2.38 bits per heavy atom. The molecule has 5 nitrogen and oxygen atoms in total. The Hall–Kier alpha value is -1.56. The molecule has 0 spiro atoms. The highest BCUT2D eigenvalue weighted by molar-refractivity contribution is 7.99. The molecule has 1 N–H and O–H groups in total. The molecule has 1 amide bonds. The lowest BCUT2D eigenvalue weighted by Crippen LogP contribution is -2.41. The molecule has 1 aromatic rings. The van der Waals surface area contributed by atoms with E-state index in [4.69, 9.17) is 5.11 Å². The molecule has 1 aromatic heterocycles. The fourth-order valence-corrected chi connectivity index (χ4v) is 2.65. The van der Waals surface area contributed by atoms with Gasteiger partial charge in [-0.05, 0) is 12.1 Å². The van der Waals surface area contributed by atoms with Gasteiger partial charge < -0.3 is 10.0 Å². The normalized spacial score (nSPS) is 19.8. The number of pyridine rings is 1. The van der Waals surface area contributed by atoms with E-state index in [1.165, 1.54) is 22.9 Å². The Morgan fingerprint density at radius 1 is 1.56 bits per heavy atom. The summed E-state index contributed by atoms with van der Waals surface area (Å²) in [6.45, 7) is 0. The molecule has 0 aromatic carbocycles. The Balaban J connectivity index is 2.19. The highest BCUT2D eigenvalue weighted by Crippen LogP contribution is 2.22. The van der Waals surface area contributed by atoms with E-state index < -0.39 is 12.0 Å². The van der Waals surface area contributed by atoms with Crippen LogP contribution in [0.3, 0.4) is 0 Å². The van der Waals surface area contributed by atoms with Crippen LogP contribution in [-0.2, 0) is 4.79 Å². The van der Waals surface area contributed by atoms with Crippen LogP contribution in [0.2, 0.25) is 0 Å². The highest BCUT2D eigenvalue weighted by Gasteiger charge is 2.34. The van der Waals surface area contributed by atoms with Gasteiger partial charge in [0.2, 0.25) is 0 Å². The maximum Gasteiger partial charge on any atom is 0.327 e. The number of carboxylic acid groups (broad SMARTS) is 1. The van der Waals surface area contributed by atoms with E-state index in [9.17, 15) is 9.59 Å². The number of rotatable bonds is 2. The van der Waals surface area contributed by atoms with E-state index in [0.29, 0.717) is 17.2 Å². The first-order chi connectivity index (χ1) is 7.70. The third-order valence-corrected chi connectivity index (χ3v) is 3.35. The molecule has 1 aliphatic rings.